The Labute approximate surface area is 213 Å². The van der Waals surface area contributed by atoms with Crippen LogP contribution in [0.1, 0.15) is 39.9 Å². The number of halogens is 3. The van der Waals surface area contributed by atoms with E-state index < -0.39 is 34.7 Å². The summed E-state index contributed by atoms with van der Waals surface area (Å²) in [6, 6.07) is 17.6. The molecule has 3 aromatic rings. The number of nitrogens with zero attached hydrogens (tertiary/aromatic N) is 2. The normalized spacial score (nSPS) is 17.8. The minimum absolute atomic E-state index is 0.191. The van der Waals surface area contributed by atoms with E-state index in [0.717, 1.165) is 29.6 Å². The fraction of sp³-hybridized carbons (Fsp3) is 0.321. The van der Waals surface area contributed by atoms with E-state index in [4.69, 9.17) is 4.74 Å². The Morgan fingerprint density at radius 3 is 2.51 bits per heavy atom. The monoisotopic (exact) mass is 511 g/mol. The number of piperidine rings is 1. The van der Waals surface area contributed by atoms with Crippen molar-refractivity contribution in [3.05, 3.63) is 95.3 Å². The average molecular weight is 512 g/mol. The van der Waals surface area contributed by atoms with Crippen molar-refractivity contribution in [3.63, 3.8) is 0 Å². The lowest BCUT2D eigenvalue weighted by molar-refractivity contribution is -0.141. The molecule has 9 heteroatoms. The van der Waals surface area contributed by atoms with Crippen LogP contribution in [0.25, 0.3) is 0 Å². The number of nitrogens with one attached hydrogen (secondary N) is 1. The third-order valence-electron chi connectivity index (χ3n) is 6.39. The number of rotatable bonds is 7. The number of aryl methyl sites for hydroxylation is 1. The van der Waals surface area contributed by atoms with E-state index in [1.165, 1.54) is 4.90 Å². The van der Waals surface area contributed by atoms with Crippen LogP contribution in [-0.2, 0) is 17.4 Å². The van der Waals surface area contributed by atoms with Gasteiger partial charge in [-0.3, -0.25) is 14.6 Å². The van der Waals surface area contributed by atoms with Gasteiger partial charge >= 0.3 is 6.18 Å². The van der Waals surface area contributed by atoms with Crippen molar-refractivity contribution in [1.29, 1.82) is 0 Å². The van der Waals surface area contributed by atoms with Crippen molar-refractivity contribution in [2.45, 2.75) is 38.0 Å². The summed E-state index contributed by atoms with van der Waals surface area (Å²) in [6.07, 6.45) is -1.51. The molecule has 37 heavy (non-hydrogen) atoms. The summed E-state index contributed by atoms with van der Waals surface area (Å²) < 4.78 is 46.9. The van der Waals surface area contributed by atoms with Crippen molar-refractivity contribution >= 4 is 11.8 Å². The Hall–Kier alpha value is -3.88. The van der Waals surface area contributed by atoms with E-state index in [-0.39, 0.29) is 13.1 Å². The summed E-state index contributed by atoms with van der Waals surface area (Å²) in [5.74, 6) is -0.812. The molecule has 1 saturated heterocycles. The summed E-state index contributed by atoms with van der Waals surface area (Å²) in [5.41, 5.74) is -1.01. The second-order valence-corrected chi connectivity index (χ2v) is 9.15. The second-order valence-electron chi connectivity index (χ2n) is 9.15. The first-order chi connectivity index (χ1) is 17.7. The van der Waals surface area contributed by atoms with E-state index in [1.807, 2.05) is 49.4 Å². The van der Waals surface area contributed by atoms with Crippen LogP contribution in [0.3, 0.4) is 0 Å². The first-order valence-electron chi connectivity index (χ1n) is 12.1. The standard InChI is InChI=1S/C28H28F3N3O3/c1-20-8-10-22(11-9-20)37-27(26(36)33-16-12-21-6-3-2-4-7-21)14-5-17-34(19-27)25(35)23-18-32-15-13-24(23)28(29,30)31/h2-4,6-11,13,15,18H,5,12,14,16-17,19H2,1H3,(H,33,36). The number of amides is 2. The highest BCUT2D eigenvalue weighted by molar-refractivity contribution is 5.96. The van der Waals surface area contributed by atoms with E-state index in [9.17, 15) is 22.8 Å². The van der Waals surface area contributed by atoms with Crippen LogP contribution in [0.4, 0.5) is 13.2 Å². The van der Waals surface area contributed by atoms with Gasteiger partial charge in [0.2, 0.25) is 5.60 Å². The maximum atomic E-state index is 13.6. The maximum absolute atomic E-state index is 13.6. The molecule has 4 rings (SSSR count). The summed E-state index contributed by atoms with van der Waals surface area (Å²) in [7, 11) is 0. The molecule has 2 amide bonds. The van der Waals surface area contributed by atoms with Crippen LogP contribution in [0.2, 0.25) is 0 Å². The van der Waals surface area contributed by atoms with Crippen LogP contribution in [0.15, 0.2) is 73.1 Å². The van der Waals surface area contributed by atoms with Crippen LogP contribution in [0, 0.1) is 6.92 Å². The minimum atomic E-state index is -4.71. The highest BCUT2D eigenvalue weighted by Gasteiger charge is 2.47. The third-order valence-corrected chi connectivity index (χ3v) is 6.39. The van der Waals surface area contributed by atoms with Gasteiger partial charge in [-0.15, -0.1) is 0 Å². The molecule has 0 radical (unpaired) electrons. The first-order valence-corrected chi connectivity index (χ1v) is 12.1. The molecule has 0 spiro atoms. The number of aromatic nitrogens is 1. The van der Waals surface area contributed by atoms with Gasteiger partial charge in [0.1, 0.15) is 5.75 Å². The summed E-state index contributed by atoms with van der Waals surface area (Å²) in [5, 5.41) is 2.91. The molecule has 0 aliphatic carbocycles. The van der Waals surface area contributed by atoms with E-state index in [0.29, 0.717) is 31.6 Å². The largest absolute Gasteiger partial charge is 0.476 e. The number of hydrogen-bond donors (Lipinski definition) is 1. The molecule has 6 nitrogen and oxygen atoms in total. The van der Waals surface area contributed by atoms with Gasteiger partial charge in [-0.1, -0.05) is 48.0 Å². The minimum Gasteiger partial charge on any atom is -0.476 e. The van der Waals surface area contributed by atoms with Crippen LogP contribution < -0.4 is 10.1 Å². The molecule has 1 atom stereocenters. The third kappa shape index (κ3) is 6.28. The Morgan fingerprint density at radius 1 is 1.08 bits per heavy atom. The van der Waals surface area contributed by atoms with Gasteiger partial charge in [-0.05, 0) is 49.9 Å². The lowest BCUT2D eigenvalue weighted by atomic mass is 9.90. The molecular formula is C28H28F3N3O3. The first kappa shape index (κ1) is 26.2. The molecule has 1 aliphatic rings. The number of benzene rings is 2. The highest BCUT2D eigenvalue weighted by atomic mass is 19.4. The smallest absolute Gasteiger partial charge is 0.417 e. The fourth-order valence-electron chi connectivity index (χ4n) is 4.45. The Bertz CT molecular complexity index is 1230. The van der Waals surface area contributed by atoms with Crippen molar-refractivity contribution in [3.8, 4) is 5.75 Å². The fourth-order valence-corrected chi connectivity index (χ4v) is 4.45. The molecule has 1 fully saturated rings. The second kappa shape index (κ2) is 11.0. The van der Waals surface area contributed by atoms with Gasteiger partial charge in [0.25, 0.3) is 11.8 Å². The maximum Gasteiger partial charge on any atom is 0.417 e. The topological polar surface area (TPSA) is 71.5 Å². The summed E-state index contributed by atoms with van der Waals surface area (Å²) >= 11 is 0. The molecular weight excluding hydrogens is 483 g/mol. The van der Waals surface area contributed by atoms with Crippen LogP contribution in [0.5, 0.6) is 5.75 Å². The molecule has 1 unspecified atom stereocenters. The number of pyridine rings is 1. The number of carbonyl (C=O) groups is 2. The van der Waals surface area contributed by atoms with Gasteiger partial charge in [0.15, 0.2) is 0 Å². The zero-order chi connectivity index (χ0) is 26.5. The van der Waals surface area contributed by atoms with E-state index >= 15 is 0 Å². The van der Waals surface area contributed by atoms with Crippen molar-refractivity contribution in [1.82, 2.24) is 15.2 Å². The Morgan fingerprint density at radius 2 is 1.81 bits per heavy atom. The molecule has 0 saturated carbocycles. The lowest BCUT2D eigenvalue weighted by Crippen LogP contribution is -2.61. The zero-order valence-corrected chi connectivity index (χ0v) is 20.4. The van der Waals surface area contributed by atoms with Crippen LogP contribution in [-0.4, -0.2) is 46.9 Å². The number of hydrogen-bond acceptors (Lipinski definition) is 4. The highest BCUT2D eigenvalue weighted by Crippen LogP contribution is 2.34. The average Bonchev–Trinajstić information content (AvgIpc) is 2.90. The molecule has 2 heterocycles. The Kier molecular flexibility index (Phi) is 7.80. The number of likely N-dealkylation sites (tertiary alicyclic amines) is 1. The molecule has 194 valence electrons. The summed E-state index contributed by atoms with van der Waals surface area (Å²) in [4.78, 5) is 31.8. The molecule has 1 N–H and O–H groups in total. The van der Waals surface area contributed by atoms with Gasteiger partial charge in [0, 0.05) is 25.5 Å². The van der Waals surface area contributed by atoms with E-state index in [2.05, 4.69) is 10.3 Å². The SMILES string of the molecule is Cc1ccc(OC2(C(=O)NCCc3ccccc3)CCCN(C(=O)c3cnccc3C(F)(F)F)C2)cc1. The van der Waals surface area contributed by atoms with Gasteiger partial charge in [-0.25, -0.2) is 0 Å². The molecule has 1 aliphatic heterocycles. The van der Waals surface area contributed by atoms with Crippen molar-refractivity contribution in [2.75, 3.05) is 19.6 Å². The molecule has 0 bridgehead atoms. The lowest BCUT2D eigenvalue weighted by Gasteiger charge is -2.41. The van der Waals surface area contributed by atoms with Crippen molar-refractivity contribution in [2.24, 2.45) is 0 Å². The molecule has 2 aromatic carbocycles. The van der Waals surface area contributed by atoms with Gasteiger partial charge in [0.05, 0.1) is 17.7 Å². The number of alkyl halides is 3. The Balaban J connectivity index is 1.58. The van der Waals surface area contributed by atoms with E-state index in [1.54, 1.807) is 12.1 Å². The van der Waals surface area contributed by atoms with Crippen molar-refractivity contribution < 1.29 is 27.5 Å². The number of carbonyl (C=O) groups excluding carboxylic acids is 2. The zero-order valence-electron chi connectivity index (χ0n) is 20.4. The number of ether oxygens (including phenoxy) is 1. The predicted octanol–water partition coefficient (Wildman–Crippen LogP) is 4.82. The van der Waals surface area contributed by atoms with Gasteiger partial charge < -0.3 is 15.0 Å². The molecule has 1 aromatic heterocycles. The van der Waals surface area contributed by atoms with Crippen LogP contribution >= 0.6 is 0 Å². The van der Waals surface area contributed by atoms with Gasteiger partial charge in [-0.2, -0.15) is 13.2 Å². The summed E-state index contributed by atoms with van der Waals surface area (Å²) in [6.45, 7) is 2.27. The quantitative estimate of drug-likeness (QED) is 0.494. The predicted molar refractivity (Wildman–Crippen MR) is 132 cm³/mol.